The molecule has 5 heteroatoms. The summed E-state index contributed by atoms with van der Waals surface area (Å²) in [5.41, 5.74) is 0. The number of hydrogen-bond donors (Lipinski definition) is 3. The van der Waals surface area contributed by atoms with Gasteiger partial charge in [-0.25, -0.2) is 0 Å². The lowest BCUT2D eigenvalue weighted by atomic mass is 10.0. The Morgan fingerprint density at radius 3 is 2.94 bits per heavy atom. The van der Waals surface area contributed by atoms with Crippen molar-refractivity contribution in [2.75, 3.05) is 26.9 Å². The minimum Gasteiger partial charge on any atom is -0.396 e. The molecule has 1 heterocycles. The second-order valence-electron chi connectivity index (χ2n) is 4.31. The van der Waals surface area contributed by atoms with Crippen LogP contribution in [0, 0.1) is 5.92 Å². The quantitative estimate of drug-likeness (QED) is 0.575. The summed E-state index contributed by atoms with van der Waals surface area (Å²) in [5.74, 6) is -0.0520. The SMILES string of the molecule is CNC1COCC1C(=O)NC(C)CCCO. The molecule has 1 aliphatic rings. The number of aliphatic hydroxyl groups excluding tert-OH is 1. The first-order valence-corrected chi connectivity index (χ1v) is 5.85. The summed E-state index contributed by atoms with van der Waals surface area (Å²) in [7, 11) is 1.84. The first-order valence-electron chi connectivity index (χ1n) is 5.85. The maximum absolute atomic E-state index is 11.9. The molecule has 5 nitrogen and oxygen atoms in total. The van der Waals surface area contributed by atoms with E-state index in [0.29, 0.717) is 13.2 Å². The predicted molar refractivity (Wildman–Crippen MR) is 61.1 cm³/mol. The summed E-state index contributed by atoms with van der Waals surface area (Å²) in [6, 6.07) is 0.225. The van der Waals surface area contributed by atoms with Gasteiger partial charge in [0.25, 0.3) is 0 Å². The molecule has 0 saturated carbocycles. The van der Waals surface area contributed by atoms with Gasteiger partial charge < -0.3 is 20.5 Å². The molecule has 1 amide bonds. The van der Waals surface area contributed by atoms with Gasteiger partial charge in [-0.3, -0.25) is 4.79 Å². The zero-order valence-corrected chi connectivity index (χ0v) is 10.0. The molecule has 1 saturated heterocycles. The molecular formula is C11H22N2O3. The van der Waals surface area contributed by atoms with Gasteiger partial charge in [0.15, 0.2) is 0 Å². The second-order valence-corrected chi connectivity index (χ2v) is 4.31. The van der Waals surface area contributed by atoms with E-state index >= 15 is 0 Å². The van der Waals surface area contributed by atoms with Gasteiger partial charge >= 0.3 is 0 Å². The van der Waals surface area contributed by atoms with Crippen LogP contribution in [0.15, 0.2) is 0 Å². The fourth-order valence-electron chi connectivity index (χ4n) is 1.92. The van der Waals surface area contributed by atoms with E-state index in [9.17, 15) is 4.79 Å². The van der Waals surface area contributed by atoms with Gasteiger partial charge in [-0.1, -0.05) is 0 Å². The summed E-state index contributed by atoms with van der Waals surface area (Å²) in [5, 5.41) is 14.7. The molecule has 3 unspecified atom stereocenters. The normalized spacial score (nSPS) is 26.7. The number of carbonyl (C=O) groups is 1. The number of amides is 1. The highest BCUT2D eigenvalue weighted by Crippen LogP contribution is 2.13. The van der Waals surface area contributed by atoms with Crippen molar-refractivity contribution in [3.05, 3.63) is 0 Å². The lowest BCUT2D eigenvalue weighted by molar-refractivity contribution is -0.126. The maximum Gasteiger partial charge on any atom is 0.227 e. The van der Waals surface area contributed by atoms with Gasteiger partial charge in [0.2, 0.25) is 5.91 Å². The van der Waals surface area contributed by atoms with E-state index < -0.39 is 0 Å². The molecule has 1 rings (SSSR count). The Morgan fingerprint density at radius 1 is 1.56 bits per heavy atom. The lowest BCUT2D eigenvalue weighted by Crippen LogP contribution is -2.45. The minimum atomic E-state index is -0.0958. The summed E-state index contributed by atoms with van der Waals surface area (Å²) < 4.78 is 5.28. The van der Waals surface area contributed by atoms with Gasteiger partial charge in [-0.2, -0.15) is 0 Å². The predicted octanol–water partition coefficient (Wildman–Crippen LogP) is -0.502. The van der Waals surface area contributed by atoms with E-state index in [1.54, 1.807) is 0 Å². The molecule has 94 valence electrons. The average molecular weight is 230 g/mol. The maximum atomic E-state index is 11.9. The molecule has 0 spiro atoms. The van der Waals surface area contributed by atoms with Crippen molar-refractivity contribution < 1.29 is 14.6 Å². The van der Waals surface area contributed by atoms with Crippen molar-refractivity contribution in [2.45, 2.75) is 31.8 Å². The van der Waals surface area contributed by atoms with Crippen LogP contribution in [-0.2, 0) is 9.53 Å². The zero-order chi connectivity index (χ0) is 12.0. The van der Waals surface area contributed by atoms with Crippen LogP contribution in [0.5, 0.6) is 0 Å². The van der Waals surface area contributed by atoms with Crippen molar-refractivity contribution in [3.63, 3.8) is 0 Å². The number of ether oxygens (including phenoxy) is 1. The van der Waals surface area contributed by atoms with Crippen LogP contribution in [-0.4, -0.2) is 50.0 Å². The third-order valence-corrected chi connectivity index (χ3v) is 2.97. The molecular weight excluding hydrogens is 208 g/mol. The molecule has 0 aromatic heterocycles. The number of likely N-dealkylation sites (N-methyl/N-ethyl adjacent to an activating group) is 1. The van der Waals surface area contributed by atoms with Gasteiger partial charge in [-0.15, -0.1) is 0 Å². The Morgan fingerprint density at radius 2 is 2.31 bits per heavy atom. The minimum absolute atomic E-state index is 0.0438. The summed E-state index contributed by atoms with van der Waals surface area (Å²) in [6.07, 6.45) is 1.53. The molecule has 0 aliphatic carbocycles. The Bertz CT molecular complexity index is 223. The summed E-state index contributed by atoms with van der Waals surface area (Å²) >= 11 is 0. The van der Waals surface area contributed by atoms with Crippen LogP contribution >= 0.6 is 0 Å². The molecule has 1 aliphatic heterocycles. The Balaban J connectivity index is 2.33. The van der Waals surface area contributed by atoms with Crippen molar-refractivity contribution in [2.24, 2.45) is 5.92 Å². The topological polar surface area (TPSA) is 70.6 Å². The van der Waals surface area contributed by atoms with E-state index in [4.69, 9.17) is 9.84 Å². The largest absolute Gasteiger partial charge is 0.396 e. The lowest BCUT2D eigenvalue weighted by Gasteiger charge is -2.19. The fourth-order valence-corrected chi connectivity index (χ4v) is 1.92. The van der Waals surface area contributed by atoms with Crippen LogP contribution in [0.25, 0.3) is 0 Å². The second kappa shape index (κ2) is 6.83. The van der Waals surface area contributed by atoms with E-state index in [1.165, 1.54) is 0 Å². The van der Waals surface area contributed by atoms with Crippen molar-refractivity contribution in [1.29, 1.82) is 0 Å². The van der Waals surface area contributed by atoms with Gasteiger partial charge in [-0.05, 0) is 26.8 Å². The highest BCUT2D eigenvalue weighted by Gasteiger charge is 2.33. The molecule has 0 radical (unpaired) electrons. The van der Waals surface area contributed by atoms with E-state index in [2.05, 4.69) is 10.6 Å². The monoisotopic (exact) mass is 230 g/mol. The third-order valence-electron chi connectivity index (χ3n) is 2.97. The van der Waals surface area contributed by atoms with E-state index in [0.717, 1.165) is 12.8 Å². The van der Waals surface area contributed by atoms with E-state index in [-0.39, 0.29) is 30.5 Å². The number of hydrogen-bond acceptors (Lipinski definition) is 4. The first-order chi connectivity index (χ1) is 7.69. The Hall–Kier alpha value is -0.650. The third kappa shape index (κ3) is 3.73. The summed E-state index contributed by atoms with van der Waals surface area (Å²) in [4.78, 5) is 11.9. The number of aliphatic hydroxyl groups is 1. The average Bonchev–Trinajstić information content (AvgIpc) is 2.74. The fraction of sp³-hybridized carbons (Fsp3) is 0.909. The van der Waals surface area contributed by atoms with E-state index in [1.807, 2.05) is 14.0 Å². The first kappa shape index (κ1) is 13.4. The molecule has 0 bridgehead atoms. The Labute approximate surface area is 96.6 Å². The van der Waals surface area contributed by atoms with Crippen LogP contribution in [0.3, 0.4) is 0 Å². The molecule has 3 atom stereocenters. The van der Waals surface area contributed by atoms with Crippen LogP contribution in [0.1, 0.15) is 19.8 Å². The van der Waals surface area contributed by atoms with Gasteiger partial charge in [0.1, 0.15) is 0 Å². The van der Waals surface area contributed by atoms with Crippen LogP contribution in [0.2, 0.25) is 0 Å². The molecule has 1 fully saturated rings. The van der Waals surface area contributed by atoms with Crippen molar-refractivity contribution in [1.82, 2.24) is 10.6 Å². The smallest absolute Gasteiger partial charge is 0.227 e. The molecule has 3 N–H and O–H groups in total. The standard InChI is InChI=1S/C11H22N2O3/c1-8(4-3-5-14)13-11(15)9-6-16-7-10(9)12-2/h8-10,12,14H,3-7H2,1-2H3,(H,13,15). The summed E-state index contributed by atoms with van der Waals surface area (Å²) in [6.45, 7) is 3.22. The van der Waals surface area contributed by atoms with Crippen LogP contribution in [0.4, 0.5) is 0 Å². The molecule has 0 aromatic rings. The molecule has 16 heavy (non-hydrogen) atoms. The Kier molecular flexibility index (Phi) is 5.73. The van der Waals surface area contributed by atoms with Crippen LogP contribution < -0.4 is 10.6 Å². The van der Waals surface area contributed by atoms with Crippen molar-refractivity contribution >= 4 is 5.91 Å². The van der Waals surface area contributed by atoms with Crippen molar-refractivity contribution in [3.8, 4) is 0 Å². The van der Waals surface area contributed by atoms with Gasteiger partial charge in [0.05, 0.1) is 19.1 Å². The number of nitrogens with one attached hydrogen (secondary N) is 2. The highest BCUT2D eigenvalue weighted by atomic mass is 16.5. The molecule has 0 aromatic carbocycles. The zero-order valence-electron chi connectivity index (χ0n) is 10.0. The van der Waals surface area contributed by atoms with Gasteiger partial charge in [0, 0.05) is 18.7 Å². The number of rotatable bonds is 6. The number of carbonyl (C=O) groups excluding carboxylic acids is 1. The highest BCUT2D eigenvalue weighted by molar-refractivity contribution is 5.80.